The number of nitrogens with zero attached hydrogens (tertiary/aromatic N) is 2. The van der Waals surface area contributed by atoms with Crippen LogP contribution in [0.1, 0.15) is 38.6 Å². The first-order valence-electron chi connectivity index (χ1n) is 5.55. The standard InChI is InChI=1S/C11H20BrN3/c1-5-8(3)13-7-10-11(12)9(4)14-15(10)6-2/h8,13H,5-7H2,1-4H3. The monoisotopic (exact) mass is 273 g/mol. The van der Waals surface area contributed by atoms with Crippen LogP contribution in [0.25, 0.3) is 0 Å². The first-order chi connectivity index (χ1) is 7.10. The van der Waals surface area contributed by atoms with Crippen molar-refractivity contribution < 1.29 is 0 Å². The van der Waals surface area contributed by atoms with Gasteiger partial charge in [-0.1, -0.05) is 6.92 Å². The summed E-state index contributed by atoms with van der Waals surface area (Å²) in [6.07, 6.45) is 1.15. The zero-order valence-electron chi connectivity index (χ0n) is 9.97. The van der Waals surface area contributed by atoms with E-state index in [1.165, 1.54) is 5.69 Å². The molecule has 86 valence electrons. The molecule has 4 heteroatoms. The van der Waals surface area contributed by atoms with Gasteiger partial charge in [-0.15, -0.1) is 0 Å². The van der Waals surface area contributed by atoms with Crippen LogP contribution in [0.2, 0.25) is 0 Å². The van der Waals surface area contributed by atoms with Gasteiger partial charge in [0.05, 0.1) is 15.9 Å². The molecule has 0 saturated carbocycles. The van der Waals surface area contributed by atoms with Crippen molar-refractivity contribution >= 4 is 15.9 Å². The van der Waals surface area contributed by atoms with Crippen molar-refractivity contribution in [2.24, 2.45) is 0 Å². The van der Waals surface area contributed by atoms with E-state index < -0.39 is 0 Å². The molecule has 0 spiro atoms. The molecule has 1 rings (SSSR count). The van der Waals surface area contributed by atoms with Crippen LogP contribution >= 0.6 is 15.9 Å². The topological polar surface area (TPSA) is 29.9 Å². The molecule has 0 bridgehead atoms. The lowest BCUT2D eigenvalue weighted by Gasteiger charge is -2.12. The summed E-state index contributed by atoms with van der Waals surface area (Å²) in [6.45, 7) is 10.3. The Kier molecular flexibility index (Phi) is 4.80. The third-order valence-corrected chi connectivity index (χ3v) is 3.71. The second kappa shape index (κ2) is 5.66. The highest BCUT2D eigenvalue weighted by molar-refractivity contribution is 9.10. The highest BCUT2D eigenvalue weighted by Crippen LogP contribution is 2.20. The van der Waals surface area contributed by atoms with Crippen LogP contribution < -0.4 is 5.32 Å². The van der Waals surface area contributed by atoms with Gasteiger partial charge >= 0.3 is 0 Å². The molecule has 0 saturated heterocycles. The zero-order chi connectivity index (χ0) is 11.4. The highest BCUT2D eigenvalue weighted by Gasteiger charge is 2.11. The summed E-state index contributed by atoms with van der Waals surface area (Å²) >= 11 is 3.59. The van der Waals surface area contributed by atoms with Crippen LogP contribution in [0.3, 0.4) is 0 Å². The molecule has 0 aliphatic heterocycles. The minimum absolute atomic E-state index is 0.553. The summed E-state index contributed by atoms with van der Waals surface area (Å²) in [6, 6.07) is 0.553. The second-order valence-corrected chi connectivity index (χ2v) is 4.65. The van der Waals surface area contributed by atoms with Crippen molar-refractivity contribution in [2.75, 3.05) is 0 Å². The van der Waals surface area contributed by atoms with Crippen LogP contribution in [-0.4, -0.2) is 15.8 Å². The number of aromatic nitrogens is 2. The maximum absolute atomic E-state index is 4.46. The Hall–Kier alpha value is -0.350. The minimum atomic E-state index is 0.553. The number of hydrogen-bond donors (Lipinski definition) is 1. The predicted molar refractivity (Wildman–Crippen MR) is 66.9 cm³/mol. The smallest absolute Gasteiger partial charge is 0.0739 e. The maximum atomic E-state index is 4.46. The maximum Gasteiger partial charge on any atom is 0.0739 e. The fourth-order valence-corrected chi connectivity index (χ4v) is 1.88. The Labute approximate surface area is 100 Å². The Morgan fingerprint density at radius 2 is 2.13 bits per heavy atom. The Morgan fingerprint density at radius 3 is 2.67 bits per heavy atom. The normalized spacial score (nSPS) is 13.1. The zero-order valence-corrected chi connectivity index (χ0v) is 11.6. The van der Waals surface area contributed by atoms with Gasteiger partial charge in [-0.25, -0.2) is 0 Å². The van der Waals surface area contributed by atoms with Crippen molar-refractivity contribution in [2.45, 2.75) is 53.2 Å². The average molecular weight is 274 g/mol. The predicted octanol–water partition coefficient (Wildman–Crippen LogP) is 2.86. The van der Waals surface area contributed by atoms with Crippen LogP contribution in [0.5, 0.6) is 0 Å². The second-order valence-electron chi connectivity index (χ2n) is 3.85. The Morgan fingerprint density at radius 1 is 1.47 bits per heavy atom. The summed E-state index contributed by atoms with van der Waals surface area (Å²) in [4.78, 5) is 0. The molecule has 0 fully saturated rings. The SMILES string of the molecule is CCC(C)NCc1c(Br)c(C)nn1CC. The number of rotatable bonds is 5. The third-order valence-electron chi connectivity index (χ3n) is 2.68. The lowest BCUT2D eigenvalue weighted by Crippen LogP contribution is -2.26. The number of hydrogen-bond acceptors (Lipinski definition) is 2. The summed E-state index contributed by atoms with van der Waals surface area (Å²) < 4.78 is 3.19. The molecular weight excluding hydrogens is 254 g/mol. The van der Waals surface area contributed by atoms with Gasteiger partial charge in [-0.2, -0.15) is 5.10 Å². The molecule has 1 heterocycles. The van der Waals surface area contributed by atoms with E-state index in [0.717, 1.165) is 29.7 Å². The number of aryl methyl sites for hydroxylation is 2. The van der Waals surface area contributed by atoms with Gasteiger partial charge in [0.2, 0.25) is 0 Å². The molecule has 1 aromatic rings. The van der Waals surface area contributed by atoms with Gasteiger partial charge in [0, 0.05) is 19.1 Å². The van der Waals surface area contributed by atoms with Crippen LogP contribution in [0, 0.1) is 6.92 Å². The van der Waals surface area contributed by atoms with E-state index in [1.54, 1.807) is 0 Å². The highest BCUT2D eigenvalue weighted by atomic mass is 79.9. The summed E-state index contributed by atoms with van der Waals surface area (Å²) in [5, 5.41) is 7.95. The summed E-state index contributed by atoms with van der Waals surface area (Å²) in [5.41, 5.74) is 2.31. The lowest BCUT2D eigenvalue weighted by atomic mass is 10.2. The van der Waals surface area contributed by atoms with Gasteiger partial charge in [-0.3, -0.25) is 4.68 Å². The number of halogens is 1. The molecule has 0 aliphatic carbocycles. The van der Waals surface area contributed by atoms with E-state index in [4.69, 9.17) is 0 Å². The van der Waals surface area contributed by atoms with Gasteiger partial charge < -0.3 is 5.32 Å². The average Bonchev–Trinajstić information content (AvgIpc) is 2.52. The van der Waals surface area contributed by atoms with E-state index in [9.17, 15) is 0 Å². The number of nitrogens with one attached hydrogen (secondary N) is 1. The van der Waals surface area contributed by atoms with E-state index >= 15 is 0 Å². The van der Waals surface area contributed by atoms with E-state index in [-0.39, 0.29) is 0 Å². The van der Waals surface area contributed by atoms with Crippen molar-refractivity contribution in [1.29, 1.82) is 0 Å². The van der Waals surface area contributed by atoms with E-state index in [0.29, 0.717) is 6.04 Å². The van der Waals surface area contributed by atoms with Crippen LogP contribution in [0.15, 0.2) is 4.47 Å². The van der Waals surface area contributed by atoms with Gasteiger partial charge in [0.25, 0.3) is 0 Å². The molecule has 0 aromatic carbocycles. The third kappa shape index (κ3) is 3.05. The fraction of sp³-hybridized carbons (Fsp3) is 0.727. The van der Waals surface area contributed by atoms with Crippen LogP contribution in [0.4, 0.5) is 0 Å². The molecule has 1 unspecified atom stereocenters. The fourth-order valence-electron chi connectivity index (χ4n) is 1.45. The van der Waals surface area contributed by atoms with E-state index in [2.05, 4.69) is 51.8 Å². The first kappa shape index (κ1) is 12.7. The van der Waals surface area contributed by atoms with Crippen LogP contribution in [-0.2, 0) is 13.1 Å². The molecule has 15 heavy (non-hydrogen) atoms. The van der Waals surface area contributed by atoms with E-state index in [1.807, 2.05) is 6.92 Å². The summed E-state index contributed by atoms with van der Waals surface area (Å²) in [7, 11) is 0. The molecule has 0 radical (unpaired) electrons. The van der Waals surface area contributed by atoms with Gasteiger partial charge in [0.15, 0.2) is 0 Å². The molecule has 1 atom stereocenters. The molecule has 3 nitrogen and oxygen atoms in total. The molecule has 1 aromatic heterocycles. The van der Waals surface area contributed by atoms with Crippen molar-refractivity contribution in [3.8, 4) is 0 Å². The Bertz CT molecular complexity index is 320. The first-order valence-corrected chi connectivity index (χ1v) is 6.34. The summed E-state index contributed by atoms with van der Waals surface area (Å²) in [5.74, 6) is 0. The lowest BCUT2D eigenvalue weighted by molar-refractivity contribution is 0.505. The molecule has 0 aliphatic rings. The Balaban J connectivity index is 2.74. The van der Waals surface area contributed by atoms with Crippen molar-refractivity contribution in [3.63, 3.8) is 0 Å². The quantitative estimate of drug-likeness (QED) is 0.894. The largest absolute Gasteiger partial charge is 0.309 e. The van der Waals surface area contributed by atoms with Gasteiger partial charge in [0.1, 0.15) is 0 Å². The van der Waals surface area contributed by atoms with Crippen molar-refractivity contribution in [3.05, 3.63) is 15.9 Å². The molecular formula is C11H20BrN3. The molecule has 0 amide bonds. The minimum Gasteiger partial charge on any atom is -0.309 e. The molecule has 1 N–H and O–H groups in total. The van der Waals surface area contributed by atoms with Crippen molar-refractivity contribution in [1.82, 2.24) is 15.1 Å². The van der Waals surface area contributed by atoms with Gasteiger partial charge in [-0.05, 0) is 43.1 Å².